The van der Waals surface area contributed by atoms with Gasteiger partial charge in [-0.3, -0.25) is 9.59 Å². The first kappa shape index (κ1) is 22.8. The third-order valence-electron chi connectivity index (χ3n) is 5.42. The summed E-state index contributed by atoms with van der Waals surface area (Å²) in [5.41, 5.74) is 7.75. The van der Waals surface area contributed by atoms with Crippen molar-refractivity contribution in [1.29, 1.82) is 0 Å². The highest BCUT2D eigenvalue weighted by Crippen LogP contribution is 2.23. The van der Waals surface area contributed by atoms with Crippen LogP contribution < -0.4 is 11.1 Å². The first-order valence-electron chi connectivity index (χ1n) is 9.58. The summed E-state index contributed by atoms with van der Waals surface area (Å²) in [4.78, 5) is 27.1. The highest BCUT2D eigenvalue weighted by molar-refractivity contribution is 6.05. The number of anilines is 1. The molecule has 1 saturated heterocycles. The summed E-state index contributed by atoms with van der Waals surface area (Å²) in [6.07, 6.45) is 1.79. The minimum Gasteiger partial charge on any atom is -0.339 e. The van der Waals surface area contributed by atoms with E-state index in [4.69, 9.17) is 5.73 Å². The lowest BCUT2D eigenvalue weighted by Crippen LogP contribution is -2.42. The molecule has 0 radical (unpaired) electrons. The third-order valence-corrected chi connectivity index (χ3v) is 5.42. The number of likely N-dealkylation sites (tertiary alicyclic amines) is 1. The molecule has 0 aliphatic carbocycles. The van der Waals surface area contributed by atoms with Crippen LogP contribution in [0.15, 0.2) is 42.5 Å². The number of carbonyl (C=O) groups is 2. The van der Waals surface area contributed by atoms with E-state index >= 15 is 0 Å². The van der Waals surface area contributed by atoms with Gasteiger partial charge >= 0.3 is 0 Å². The zero-order valence-electron chi connectivity index (χ0n) is 16.7. The number of nitrogens with two attached hydrogens (primary N) is 1. The highest BCUT2D eigenvalue weighted by Gasteiger charge is 2.26. The summed E-state index contributed by atoms with van der Waals surface area (Å²) >= 11 is 0. The van der Waals surface area contributed by atoms with Crippen LogP contribution in [0.3, 0.4) is 0 Å². The van der Waals surface area contributed by atoms with Gasteiger partial charge < -0.3 is 16.0 Å². The Kier molecular flexibility index (Phi) is 7.76. The lowest BCUT2D eigenvalue weighted by atomic mass is 9.90. The second-order valence-electron chi connectivity index (χ2n) is 7.45. The second kappa shape index (κ2) is 9.85. The number of hydrogen-bond donors (Lipinski definition) is 2. The summed E-state index contributed by atoms with van der Waals surface area (Å²) < 4.78 is 13.9. The molecule has 1 heterocycles. The van der Waals surface area contributed by atoms with Gasteiger partial charge in [0.05, 0.1) is 5.56 Å². The van der Waals surface area contributed by atoms with E-state index < -0.39 is 11.7 Å². The average Bonchev–Trinajstić information content (AvgIpc) is 2.69. The van der Waals surface area contributed by atoms with Gasteiger partial charge in [-0.15, -0.1) is 12.4 Å². The average molecular weight is 420 g/mol. The van der Waals surface area contributed by atoms with E-state index in [2.05, 4.69) is 5.32 Å². The molecule has 5 nitrogen and oxygen atoms in total. The van der Waals surface area contributed by atoms with Crippen molar-refractivity contribution in [2.75, 3.05) is 18.4 Å². The molecule has 1 atom stereocenters. The van der Waals surface area contributed by atoms with Crippen LogP contribution >= 0.6 is 12.4 Å². The van der Waals surface area contributed by atoms with Crippen LogP contribution in [0.1, 0.15) is 46.0 Å². The van der Waals surface area contributed by atoms with Crippen molar-refractivity contribution in [3.8, 4) is 0 Å². The fraction of sp³-hybridized carbons (Fsp3) is 0.364. The van der Waals surface area contributed by atoms with E-state index in [0.717, 1.165) is 18.4 Å². The smallest absolute Gasteiger partial charge is 0.258 e. The number of rotatable bonds is 4. The summed E-state index contributed by atoms with van der Waals surface area (Å²) in [6.45, 7) is 5.19. The molecule has 1 aliphatic heterocycles. The number of nitrogens with zero attached hydrogens (tertiary/aromatic N) is 1. The van der Waals surface area contributed by atoms with Crippen LogP contribution in [0.4, 0.5) is 10.1 Å². The van der Waals surface area contributed by atoms with Gasteiger partial charge in [-0.05, 0) is 62.4 Å². The van der Waals surface area contributed by atoms with E-state index in [1.165, 1.54) is 18.2 Å². The monoisotopic (exact) mass is 419 g/mol. The van der Waals surface area contributed by atoms with Crippen molar-refractivity contribution in [1.82, 2.24) is 4.90 Å². The molecule has 3 rings (SSSR count). The van der Waals surface area contributed by atoms with E-state index in [1.54, 1.807) is 24.3 Å². The lowest BCUT2D eigenvalue weighted by molar-refractivity contribution is 0.0680. The van der Waals surface area contributed by atoms with Gasteiger partial charge in [-0.25, -0.2) is 4.39 Å². The Morgan fingerprint density at radius 2 is 1.83 bits per heavy atom. The molecule has 2 aromatic rings. The molecule has 0 saturated carbocycles. The quantitative estimate of drug-likeness (QED) is 0.786. The van der Waals surface area contributed by atoms with Gasteiger partial charge in [0, 0.05) is 30.4 Å². The van der Waals surface area contributed by atoms with Crippen LogP contribution in [0.25, 0.3) is 0 Å². The van der Waals surface area contributed by atoms with Gasteiger partial charge in [-0.2, -0.15) is 0 Å². The largest absolute Gasteiger partial charge is 0.339 e. The number of nitrogens with one attached hydrogen (secondary N) is 1. The Labute approximate surface area is 176 Å². The normalized spacial score (nSPS) is 15.4. The van der Waals surface area contributed by atoms with Gasteiger partial charge in [0.1, 0.15) is 5.82 Å². The molecule has 29 heavy (non-hydrogen) atoms. The topological polar surface area (TPSA) is 75.4 Å². The molecule has 2 aromatic carbocycles. The standard InChI is InChI=1S/C22H26FN3O2.ClH/c1-14-7-8-17(22(28)26-11-9-16(10-12-26)15(2)24)13-20(14)25-21(27)18-5-3-4-6-19(18)23;/h3-8,13,15-16H,9-12,24H2,1-2H3,(H,25,27);1H. The second-order valence-corrected chi connectivity index (χ2v) is 7.45. The van der Waals surface area contributed by atoms with Gasteiger partial charge in [0.2, 0.25) is 0 Å². The fourth-order valence-corrected chi connectivity index (χ4v) is 3.54. The highest BCUT2D eigenvalue weighted by atomic mass is 35.5. The molecule has 1 unspecified atom stereocenters. The van der Waals surface area contributed by atoms with Crippen LogP contribution in [-0.4, -0.2) is 35.8 Å². The summed E-state index contributed by atoms with van der Waals surface area (Å²) in [5.74, 6) is -0.743. The molecule has 1 aliphatic rings. The fourth-order valence-electron chi connectivity index (χ4n) is 3.54. The molecule has 2 amide bonds. The number of hydrogen-bond acceptors (Lipinski definition) is 3. The van der Waals surface area contributed by atoms with Gasteiger partial charge in [0.15, 0.2) is 0 Å². The molecule has 7 heteroatoms. The maximum atomic E-state index is 13.9. The number of aryl methyl sites for hydroxylation is 1. The molecule has 156 valence electrons. The van der Waals surface area contributed by atoms with Crippen molar-refractivity contribution in [3.05, 3.63) is 65.0 Å². The Hall–Kier alpha value is -2.44. The van der Waals surface area contributed by atoms with Crippen molar-refractivity contribution < 1.29 is 14.0 Å². The Bertz CT molecular complexity index is 880. The predicted octanol–water partition coefficient (Wildman–Crippen LogP) is 4.01. The number of benzene rings is 2. The van der Waals surface area contributed by atoms with E-state index in [-0.39, 0.29) is 29.9 Å². The van der Waals surface area contributed by atoms with E-state index in [1.807, 2.05) is 18.7 Å². The van der Waals surface area contributed by atoms with Crippen LogP contribution in [0, 0.1) is 18.7 Å². The van der Waals surface area contributed by atoms with Gasteiger partial charge in [-0.1, -0.05) is 18.2 Å². The number of piperidine rings is 1. The Morgan fingerprint density at radius 1 is 1.17 bits per heavy atom. The van der Waals surface area contributed by atoms with Gasteiger partial charge in [0.25, 0.3) is 11.8 Å². The Balaban J connectivity index is 0.00000300. The van der Waals surface area contributed by atoms with Crippen LogP contribution in [0.5, 0.6) is 0 Å². The number of carbonyl (C=O) groups excluding carboxylic acids is 2. The van der Waals surface area contributed by atoms with E-state index in [0.29, 0.717) is 30.3 Å². The maximum absolute atomic E-state index is 13.9. The van der Waals surface area contributed by atoms with Crippen molar-refractivity contribution in [3.63, 3.8) is 0 Å². The van der Waals surface area contributed by atoms with Crippen molar-refractivity contribution >= 4 is 29.9 Å². The zero-order chi connectivity index (χ0) is 20.3. The zero-order valence-corrected chi connectivity index (χ0v) is 17.5. The molecular formula is C22H27ClFN3O2. The molecule has 1 fully saturated rings. The van der Waals surface area contributed by atoms with Crippen molar-refractivity contribution in [2.24, 2.45) is 11.7 Å². The molecular weight excluding hydrogens is 393 g/mol. The minimum atomic E-state index is -0.582. The lowest BCUT2D eigenvalue weighted by Gasteiger charge is -2.33. The Morgan fingerprint density at radius 3 is 2.45 bits per heavy atom. The first-order valence-corrected chi connectivity index (χ1v) is 9.58. The summed E-state index contributed by atoms with van der Waals surface area (Å²) in [5, 5.41) is 2.72. The number of amides is 2. The summed E-state index contributed by atoms with van der Waals surface area (Å²) in [7, 11) is 0. The molecule has 0 bridgehead atoms. The molecule has 0 spiro atoms. The molecule has 3 N–H and O–H groups in total. The molecule has 0 aromatic heterocycles. The van der Waals surface area contributed by atoms with Crippen LogP contribution in [-0.2, 0) is 0 Å². The number of halogens is 2. The maximum Gasteiger partial charge on any atom is 0.258 e. The third kappa shape index (κ3) is 5.34. The SMILES string of the molecule is Cc1ccc(C(=O)N2CCC(C(C)N)CC2)cc1NC(=O)c1ccccc1F.Cl. The van der Waals surface area contributed by atoms with Crippen LogP contribution in [0.2, 0.25) is 0 Å². The van der Waals surface area contributed by atoms with E-state index in [9.17, 15) is 14.0 Å². The van der Waals surface area contributed by atoms with Crippen molar-refractivity contribution in [2.45, 2.75) is 32.7 Å². The predicted molar refractivity (Wildman–Crippen MR) is 115 cm³/mol. The summed E-state index contributed by atoms with van der Waals surface area (Å²) in [6, 6.07) is 11.2. The minimum absolute atomic E-state index is 0. The first-order chi connectivity index (χ1) is 13.4.